The number of nitrogen functional groups attached to an aromatic ring is 1. The zero-order valence-corrected chi connectivity index (χ0v) is 35.6. The standard InChI is InChI=1S/C34H23Cl2N7O8S2.2Na/c35-21-5-14-26(36)27(17-21)41-42-32-28(52(46,47)48)15-20-16-29(53(49,50)51)33(34(45)30(20)31(32)37)43-40-23-8-3-19(4-9-23)18-1-6-22(7-2-18)38-39-24-10-12-25(44)13-11-24;;/h1-17,44-45H,37H2,(H,46,47,48)(H,49,50,51);;/q;2*+1/p-2. The first-order chi connectivity index (χ1) is 25.1. The number of hydrogen-bond acceptors (Lipinski definition) is 15. The maximum atomic E-state index is 12.3. The summed E-state index contributed by atoms with van der Waals surface area (Å²) in [5.41, 5.74) is 6.99. The van der Waals surface area contributed by atoms with E-state index in [9.17, 15) is 36.2 Å². The normalized spacial score (nSPS) is 12.0. The zero-order chi connectivity index (χ0) is 38.1. The van der Waals surface area contributed by atoms with E-state index in [0.717, 1.165) is 11.1 Å². The predicted molar refractivity (Wildman–Crippen MR) is 195 cm³/mol. The molecule has 0 fully saturated rings. The van der Waals surface area contributed by atoms with Crippen LogP contribution in [0.4, 0.5) is 39.8 Å². The van der Waals surface area contributed by atoms with Crippen LogP contribution in [0.1, 0.15) is 0 Å². The molecule has 0 atom stereocenters. The van der Waals surface area contributed by atoms with Gasteiger partial charge in [-0.3, -0.25) is 0 Å². The van der Waals surface area contributed by atoms with E-state index < -0.39 is 63.6 Å². The van der Waals surface area contributed by atoms with Gasteiger partial charge in [0, 0.05) is 5.02 Å². The molecule has 0 heterocycles. The number of anilines is 1. The summed E-state index contributed by atoms with van der Waals surface area (Å²) in [5.74, 6) is -0.851. The van der Waals surface area contributed by atoms with Crippen molar-refractivity contribution < 1.29 is 95.3 Å². The molecule has 6 aromatic carbocycles. The fraction of sp³-hybridized carbons (Fsp3) is 0. The molecule has 55 heavy (non-hydrogen) atoms. The summed E-state index contributed by atoms with van der Waals surface area (Å²) in [7, 11) is -10.7. The van der Waals surface area contributed by atoms with E-state index in [2.05, 4.69) is 30.7 Å². The van der Waals surface area contributed by atoms with Crippen LogP contribution in [0.25, 0.3) is 21.9 Å². The summed E-state index contributed by atoms with van der Waals surface area (Å²) in [6.45, 7) is 0. The van der Waals surface area contributed by atoms with Gasteiger partial charge in [-0.15, -0.1) is 15.3 Å². The summed E-state index contributed by atoms with van der Waals surface area (Å²) in [6.07, 6.45) is 0. The van der Waals surface area contributed by atoms with Crippen molar-refractivity contribution in [2.75, 3.05) is 5.73 Å². The molecule has 0 aliphatic carbocycles. The second kappa shape index (κ2) is 18.0. The summed E-state index contributed by atoms with van der Waals surface area (Å²) < 4.78 is 73.6. The van der Waals surface area contributed by atoms with E-state index in [1.807, 2.05) is 12.1 Å². The van der Waals surface area contributed by atoms with Crippen LogP contribution >= 0.6 is 23.2 Å². The van der Waals surface area contributed by atoms with Crippen molar-refractivity contribution in [3.8, 4) is 22.6 Å². The van der Waals surface area contributed by atoms with Crippen LogP contribution in [0.3, 0.4) is 0 Å². The van der Waals surface area contributed by atoms with Gasteiger partial charge in [-0.2, -0.15) is 15.3 Å². The molecule has 21 heteroatoms. The SMILES string of the molecule is Nc1c(N=Nc2cc(Cl)ccc2Cl)c(S(=O)(=O)[O-])cc2cc(S(=O)(=O)[O-])c(N=Nc3ccc(-c4ccc(N=Nc5ccc(O)cc5)cc4)cc3)c(O)c12.[Na+].[Na+]. The summed E-state index contributed by atoms with van der Waals surface area (Å²) >= 11 is 12.1. The van der Waals surface area contributed by atoms with Gasteiger partial charge in [-0.1, -0.05) is 47.5 Å². The molecular weight excluding hydrogens is 815 g/mol. The molecule has 0 unspecified atom stereocenters. The van der Waals surface area contributed by atoms with Crippen molar-refractivity contribution in [1.29, 1.82) is 0 Å². The van der Waals surface area contributed by atoms with Crippen molar-refractivity contribution in [3.63, 3.8) is 0 Å². The Labute approximate surface area is 367 Å². The van der Waals surface area contributed by atoms with Crippen LogP contribution in [0.5, 0.6) is 11.5 Å². The Morgan fingerprint density at radius 1 is 0.564 bits per heavy atom. The van der Waals surface area contributed by atoms with Crippen LogP contribution in [0.2, 0.25) is 10.0 Å². The average Bonchev–Trinajstić information content (AvgIpc) is 3.11. The summed E-state index contributed by atoms with van der Waals surface area (Å²) in [6, 6.07) is 25.4. The van der Waals surface area contributed by atoms with Crippen molar-refractivity contribution >= 4 is 94.0 Å². The topological polar surface area (TPSA) is 255 Å². The zero-order valence-electron chi connectivity index (χ0n) is 28.5. The quantitative estimate of drug-likeness (QED) is 0.0826. The molecular formula is C34H21Cl2N7Na2O8S2. The molecule has 0 aromatic heterocycles. The van der Waals surface area contributed by atoms with Crippen molar-refractivity contribution in [1.82, 2.24) is 0 Å². The molecule has 0 saturated heterocycles. The molecule has 15 nitrogen and oxygen atoms in total. The number of phenols is 2. The Balaban J connectivity index is 0.00000336. The monoisotopic (exact) mass is 835 g/mol. The molecule has 268 valence electrons. The Hall–Kier alpha value is -3.82. The smallest absolute Gasteiger partial charge is 0.744 e. The minimum atomic E-state index is -5.37. The molecule has 0 amide bonds. The number of fused-ring (bicyclic) bond motifs is 1. The second-order valence-corrected chi connectivity index (χ2v) is 14.6. The van der Waals surface area contributed by atoms with Gasteiger partial charge in [0.05, 0.1) is 42.9 Å². The van der Waals surface area contributed by atoms with Crippen molar-refractivity contribution in [3.05, 3.63) is 113 Å². The van der Waals surface area contributed by atoms with Gasteiger partial charge >= 0.3 is 59.1 Å². The van der Waals surface area contributed by atoms with Crippen LogP contribution in [0.15, 0.2) is 144 Å². The fourth-order valence-electron chi connectivity index (χ4n) is 4.94. The van der Waals surface area contributed by atoms with E-state index in [0.29, 0.717) is 23.5 Å². The van der Waals surface area contributed by atoms with Gasteiger partial charge in [-0.05, 0) is 95.4 Å². The predicted octanol–water partition coefficient (Wildman–Crippen LogP) is 3.87. The van der Waals surface area contributed by atoms with Gasteiger partial charge in [0.15, 0.2) is 5.75 Å². The number of phenolic OH excluding ortho intramolecular Hbond substituents is 2. The Morgan fingerprint density at radius 3 is 1.49 bits per heavy atom. The number of azo groups is 3. The first kappa shape index (κ1) is 43.9. The number of hydrogen-bond donors (Lipinski definition) is 3. The minimum absolute atomic E-state index is 0. The molecule has 0 spiro atoms. The number of aromatic hydroxyl groups is 2. The molecule has 0 aliphatic rings. The number of halogens is 2. The number of nitrogens with two attached hydrogens (primary N) is 1. The Bertz CT molecular complexity index is 2720. The average molecular weight is 837 g/mol. The van der Waals surface area contributed by atoms with E-state index in [4.69, 9.17) is 28.9 Å². The third-order valence-corrected chi connectivity index (χ3v) is 9.74. The van der Waals surface area contributed by atoms with Crippen molar-refractivity contribution in [2.24, 2.45) is 30.7 Å². The molecule has 0 radical (unpaired) electrons. The number of benzene rings is 6. The molecule has 6 rings (SSSR count). The van der Waals surface area contributed by atoms with E-state index in [1.54, 1.807) is 48.5 Å². The van der Waals surface area contributed by atoms with E-state index >= 15 is 0 Å². The Morgan fingerprint density at radius 2 is 1.00 bits per heavy atom. The largest absolute Gasteiger partial charge is 1.00 e. The maximum Gasteiger partial charge on any atom is 1.00 e. The molecule has 0 saturated carbocycles. The maximum absolute atomic E-state index is 12.3. The minimum Gasteiger partial charge on any atom is -0.744 e. The second-order valence-electron chi connectivity index (χ2n) is 11.0. The van der Waals surface area contributed by atoms with Gasteiger partial charge in [0.1, 0.15) is 43.0 Å². The van der Waals surface area contributed by atoms with Gasteiger partial charge < -0.3 is 25.1 Å². The van der Waals surface area contributed by atoms with E-state index in [-0.39, 0.29) is 86.3 Å². The third kappa shape index (κ3) is 10.3. The molecule has 0 aliphatic heterocycles. The van der Waals surface area contributed by atoms with Crippen LogP contribution < -0.4 is 64.8 Å². The van der Waals surface area contributed by atoms with E-state index in [1.165, 1.54) is 30.3 Å². The van der Waals surface area contributed by atoms with Gasteiger partial charge in [-0.25, -0.2) is 16.8 Å². The molecule has 4 N–H and O–H groups in total. The molecule has 0 bridgehead atoms. The number of rotatable bonds is 9. The van der Waals surface area contributed by atoms with Crippen LogP contribution in [-0.4, -0.2) is 36.2 Å². The third-order valence-electron chi connectivity index (χ3n) is 7.48. The van der Waals surface area contributed by atoms with Crippen LogP contribution in [-0.2, 0) is 20.2 Å². The summed E-state index contributed by atoms with van der Waals surface area (Å²) in [4.78, 5) is -2.10. The van der Waals surface area contributed by atoms with Gasteiger partial charge in [0.2, 0.25) is 0 Å². The first-order valence-electron chi connectivity index (χ1n) is 14.8. The number of nitrogens with zero attached hydrogens (tertiary/aromatic N) is 6. The first-order valence-corrected chi connectivity index (χ1v) is 18.4. The van der Waals surface area contributed by atoms with Crippen LogP contribution in [0, 0.1) is 0 Å². The fourth-order valence-corrected chi connectivity index (χ4v) is 6.57. The Kier molecular flexibility index (Phi) is 14.3. The van der Waals surface area contributed by atoms with Gasteiger partial charge in [0.25, 0.3) is 0 Å². The summed E-state index contributed by atoms with van der Waals surface area (Å²) in [5, 5.41) is 43.9. The molecule has 6 aromatic rings. The van der Waals surface area contributed by atoms with Crippen molar-refractivity contribution in [2.45, 2.75) is 9.79 Å².